The van der Waals surface area contributed by atoms with Crippen LogP contribution in [0.25, 0.3) is 0 Å². The monoisotopic (exact) mass is 220 g/mol. The molecule has 0 bridgehead atoms. The van der Waals surface area contributed by atoms with Crippen LogP contribution in [-0.4, -0.2) is 18.1 Å². The van der Waals surface area contributed by atoms with Gasteiger partial charge in [-0.15, -0.1) is 0 Å². The van der Waals surface area contributed by atoms with Crippen molar-refractivity contribution < 1.29 is 4.74 Å². The number of rotatable bonds is 4. The lowest BCUT2D eigenvalue weighted by atomic mass is 10.1. The molecule has 1 aliphatic rings. The molecule has 16 heavy (non-hydrogen) atoms. The van der Waals surface area contributed by atoms with Gasteiger partial charge >= 0.3 is 0 Å². The Labute approximate surface area is 97.2 Å². The SMILES string of the molecule is COc1ccc(CNC2CCCC2C)cn1. The summed E-state index contributed by atoms with van der Waals surface area (Å²) >= 11 is 0. The van der Waals surface area contributed by atoms with Crippen LogP contribution in [0.15, 0.2) is 18.3 Å². The van der Waals surface area contributed by atoms with Gasteiger partial charge in [-0.25, -0.2) is 4.98 Å². The number of hydrogen-bond donors (Lipinski definition) is 1. The van der Waals surface area contributed by atoms with Gasteiger partial charge in [-0.1, -0.05) is 19.4 Å². The van der Waals surface area contributed by atoms with E-state index < -0.39 is 0 Å². The average molecular weight is 220 g/mol. The van der Waals surface area contributed by atoms with E-state index in [0.29, 0.717) is 11.9 Å². The van der Waals surface area contributed by atoms with Gasteiger partial charge in [0.25, 0.3) is 0 Å². The summed E-state index contributed by atoms with van der Waals surface area (Å²) in [6.07, 6.45) is 5.91. The van der Waals surface area contributed by atoms with Gasteiger partial charge in [-0.3, -0.25) is 0 Å². The number of nitrogens with one attached hydrogen (secondary N) is 1. The summed E-state index contributed by atoms with van der Waals surface area (Å²) in [5, 5.41) is 3.60. The first-order valence-corrected chi connectivity index (χ1v) is 6.02. The minimum absolute atomic E-state index is 0.679. The van der Waals surface area contributed by atoms with Gasteiger partial charge < -0.3 is 10.1 Å². The van der Waals surface area contributed by atoms with Crippen molar-refractivity contribution in [3.63, 3.8) is 0 Å². The Bertz CT molecular complexity index is 323. The molecule has 0 aliphatic heterocycles. The zero-order valence-corrected chi connectivity index (χ0v) is 10.1. The Morgan fingerprint density at radius 1 is 1.44 bits per heavy atom. The third-order valence-corrected chi connectivity index (χ3v) is 3.44. The summed E-state index contributed by atoms with van der Waals surface area (Å²) in [4.78, 5) is 4.20. The molecule has 0 amide bonds. The van der Waals surface area contributed by atoms with Crippen molar-refractivity contribution in [2.45, 2.75) is 38.8 Å². The Hall–Kier alpha value is -1.09. The summed E-state index contributed by atoms with van der Waals surface area (Å²) in [5.74, 6) is 1.49. The number of ether oxygens (including phenoxy) is 1. The van der Waals surface area contributed by atoms with Gasteiger partial charge in [0, 0.05) is 24.8 Å². The Balaban J connectivity index is 1.84. The summed E-state index contributed by atoms with van der Waals surface area (Å²) in [6.45, 7) is 3.24. The second-order valence-electron chi connectivity index (χ2n) is 4.60. The Morgan fingerprint density at radius 3 is 2.88 bits per heavy atom. The fourth-order valence-electron chi connectivity index (χ4n) is 2.33. The quantitative estimate of drug-likeness (QED) is 0.846. The average Bonchev–Trinajstić information content (AvgIpc) is 2.73. The van der Waals surface area contributed by atoms with E-state index in [4.69, 9.17) is 4.74 Å². The predicted octanol–water partition coefficient (Wildman–Crippen LogP) is 2.37. The third kappa shape index (κ3) is 2.73. The lowest BCUT2D eigenvalue weighted by molar-refractivity contribution is 0.396. The minimum atomic E-state index is 0.679. The van der Waals surface area contributed by atoms with Crippen molar-refractivity contribution in [3.05, 3.63) is 23.9 Å². The number of pyridine rings is 1. The largest absolute Gasteiger partial charge is 0.481 e. The highest BCUT2D eigenvalue weighted by Gasteiger charge is 2.22. The van der Waals surface area contributed by atoms with Crippen LogP contribution in [0.3, 0.4) is 0 Å². The second kappa shape index (κ2) is 5.30. The van der Waals surface area contributed by atoms with Crippen molar-refractivity contribution >= 4 is 0 Å². The Morgan fingerprint density at radius 2 is 2.31 bits per heavy atom. The number of aromatic nitrogens is 1. The molecule has 1 aromatic heterocycles. The minimum Gasteiger partial charge on any atom is -0.481 e. The van der Waals surface area contributed by atoms with E-state index in [1.807, 2.05) is 12.3 Å². The van der Waals surface area contributed by atoms with Crippen LogP contribution in [0.1, 0.15) is 31.7 Å². The molecule has 2 atom stereocenters. The Kier molecular flexibility index (Phi) is 3.78. The molecule has 1 fully saturated rings. The first kappa shape index (κ1) is 11.4. The van der Waals surface area contributed by atoms with Crippen LogP contribution in [-0.2, 0) is 6.54 Å². The van der Waals surface area contributed by atoms with Gasteiger partial charge in [0.15, 0.2) is 0 Å². The third-order valence-electron chi connectivity index (χ3n) is 3.44. The standard InChI is InChI=1S/C13H20N2O/c1-10-4-3-5-12(10)14-8-11-6-7-13(16-2)15-9-11/h6-7,9-10,12,14H,3-5,8H2,1-2H3. The van der Waals surface area contributed by atoms with Crippen LogP contribution < -0.4 is 10.1 Å². The zero-order valence-electron chi connectivity index (χ0n) is 10.1. The van der Waals surface area contributed by atoms with Crippen LogP contribution in [0.5, 0.6) is 5.88 Å². The molecule has 1 aromatic rings. The van der Waals surface area contributed by atoms with Crippen LogP contribution in [0.2, 0.25) is 0 Å². The first-order valence-electron chi connectivity index (χ1n) is 6.02. The van der Waals surface area contributed by atoms with Gasteiger partial charge in [-0.2, -0.15) is 0 Å². The molecule has 88 valence electrons. The van der Waals surface area contributed by atoms with Gasteiger partial charge in [-0.05, 0) is 24.3 Å². The second-order valence-corrected chi connectivity index (χ2v) is 4.60. The predicted molar refractivity (Wildman–Crippen MR) is 64.4 cm³/mol. The molecule has 3 nitrogen and oxygen atoms in total. The van der Waals surface area contributed by atoms with E-state index >= 15 is 0 Å². The molecule has 3 heteroatoms. The highest BCUT2D eigenvalue weighted by atomic mass is 16.5. The fraction of sp³-hybridized carbons (Fsp3) is 0.615. The molecular weight excluding hydrogens is 200 g/mol. The van der Waals surface area contributed by atoms with Gasteiger partial charge in [0.05, 0.1) is 7.11 Å². The van der Waals surface area contributed by atoms with Crippen LogP contribution in [0.4, 0.5) is 0 Å². The maximum absolute atomic E-state index is 5.03. The molecule has 0 radical (unpaired) electrons. The molecule has 1 aliphatic carbocycles. The molecule has 2 unspecified atom stereocenters. The summed E-state index contributed by atoms with van der Waals surface area (Å²) < 4.78 is 5.03. The number of nitrogens with zero attached hydrogens (tertiary/aromatic N) is 1. The van der Waals surface area contributed by atoms with E-state index in [-0.39, 0.29) is 0 Å². The number of hydrogen-bond acceptors (Lipinski definition) is 3. The lowest BCUT2D eigenvalue weighted by Crippen LogP contribution is -2.30. The first-order chi connectivity index (χ1) is 7.79. The van der Waals surface area contributed by atoms with E-state index in [1.54, 1.807) is 7.11 Å². The van der Waals surface area contributed by atoms with Crippen molar-refractivity contribution in [3.8, 4) is 5.88 Å². The highest BCUT2D eigenvalue weighted by molar-refractivity contribution is 5.17. The van der Waals surface area contributed by atoms with E-state index in [9.17, 15) is 0 Å². The topological polar surface area (TPSA) is 34.1 Å². The van der Waals surface area contributed by atoms with E-state index in [1.165, 1.54) is 24.8 Å². The van der Waals surface area contributed by atoms with Crippen molar-refractivity contribution in [1.82, 2.24) is 10.3 Å². The highest BCUT2D eigenvalue weighted by Crippen LogP contribution is 2.25. The molecule has 0 aromatic carbocycles. The van der Waals surface area contributed by atoms with Crippen molar-refractivity contribution in [1.29, 1.82) is 0 Å². The molecule has 0 saturated heterocycles. The van der Waals surface area contributed by atoms with Gasteiger partial charge in [0.1, 0.15) is 0 Å². The van der Waals surface area contributed by atoms with Crippen molar-refractivity contribution in [2.24, 2.45) is 5.92 Å². The molecular formula is C13H20N2O. The summed E-state index contributed by atoms with van der Waals surface area (Å²) in [5.41, 5.74) is 1.22. The maximum Gasteiger partial charge on any atom is 0.212 e. The van der Waals surface area contributed by atoms with Gasteiger partial charge in [0.2, 0.25) is 5.88 Å². The molecule has 2 rings (SSSR count). The fourth-order valence-corrected chi connectivity index (χ4v) is 2.33. The molecule has 1 saturated carbocycles. The summed E-state index contributed by atoms with van der Waals surface area (Å²) in [7, 11) is 1.64. The molecule has 1 N–H and O–H groups in total. The number of methoxy groups -OCH3 is 1. The van der Waals surface area contributed by atoms with Crippen LogP contribution in [0, 0.1) is 5.92 Å². The smallest absolute Gasteiger partial charge is 0.212 e. The lowest BCUT2D eigenvalue weighted by Gasteiger charge is -2.17. The molecule has 1 heterocycles. The maximum atomic E-state index is 5.03. The normalized spacial score (nSPS) is 24.6. The van der Waals surface area contributed by atoms with E-state index in [0.717, 1.165) is 12.5 Å². The summed E-state index contributed by atoms with van der Waals surface area (Å²) in [6, 6.07) is 4.66. The molecule has 0 spiro atoms. The van der Waals surface area contributed by atoms with Crippen molar-refractivity contribution in [2.75, 3.05) is 7.11 Å². The van der Waals surface area contributed by atoms with Crippen LogP contribution >= 0.6 is 0 Å². The van der Waals surface area contributed by atoms with E-state index in [2.05, 4.69) is 23.3 Å². The zero-order chi connectivity index (χ0) is 11.4.